The number of nitrogens with zero attached hydrogens (tertiary/aromatic N) is 1. The SMILES string of the molecule is Cc1nc2ccc(CCCNC(=O)C3(CC(C)C(=O)O)CCCCC3)cc2s1. The van der Waals surface area contributed by atoms with E-state index in [2.05, 4.69) is 28.5 Å². The summed E-state index contributed by atoms with van der Waals surface area (Å²) >= 11 is 1.71. The van der Waals surface area contributed by atoms with Gasteiger partial charge in [0, 0.05) is 12.0 Å². The molecule has 1 aliphatic carbocycles. The Kier molecular flexibility index (Phi) is 6.70. The van der Waals surface area contributed by atoms with Crippen LogP contribution in [-0.2, 0) is 16.0 Å². The molecule has 0 saturated heterocycles. The third-order valence-corrected chi connectivity index (χ3v) is 6.83. The first-order valence-electron chi connectivity index (χ1n) is 10.3. The maximum Gasteiger partial charge on any atom is 0.306 e. The van der Waals surface area contributed by atoms with Gasteiger partial charge in [-0.2, -0.15) is 0 Å². The van der Waals surface area contributed by atoms with E-state index in [4.69, 9.17) is 0 Å². The number of thiazole rings is 1. The van der Waals surface area contributed by atoms with Crippen LogP contribution in [0.3, 0.4) is 0 Å². The van der Waals surface area contributed by atoms with Crippen LogP contribution in [-0.4, -0.2) is 28.5 Å². The lowest BCUT2D eigenvalue weighted by molar-refractivity contribution is -0.144. The van der Waals surface area contributed by atoms with Crippen molar-refractivity contribution in [3.8, 4) is 0 Å². The molecule has 1 fully saturated rings. The number of benzene rings is 1. The smallest absolute Gasteiger partial charge is 0.306 e. The summed E-state index contributed by atoms with van der Waals surface area (Å²) in [5, 5.41) is 13.5. The molecule has 0 spiro atoms. The van der Waals surface area contributed by atoms with Crippen molar-refractivity contribution in [2.75, 3.05) is 6.54 Å². The topological polar surface area (TPSA) is 79.3 Å². The van der Waals surface area contributed by atoms with Gasteiger partial charge in [-0.3, -0.25) is 9.59 Å². The van der Waals surface area contributed by atoms with Gasteiger partial charge in [0.1, 0.15) is 0 Å². The first-order valence-corrected chi connectivity index (χ1v) is 11.1. The van der Waals surface area contributed by atoms with Crippen LogP contribution in [0.1, 0.15) is 62.4 Å². The molecule has 1 aliphatic rings. The van der Waals surface area contributed by atoms with Gasteiger partial charge in [0.15, 0.2) is 0 Å². The van der Waals surface area contributed by atoms with Crippen LogP contribution in [0.5, 0.6) is 0 Å². The number of rotatable bonds is 8. The Balaban J connectivity index is 1.54. The van der Waals surface area contributed by atoms with Crippen LogP contribution in [0.25, 0.3) is 10.2 Å². The van der Waals surface area contributed by atoms with E-state index in [0.29, 0.717) is 13.0 Å². The van der Waals surface area contributed by atoms with Crippen molar-refractivity contribution < 1.29 is 14.7 Å². The molecule has 1 aromatic carbocycles. The number of hydrogen-bond donors (Lipinski definition) is 2. The van der Waals surface area contributed by atoms with Crippen LogP contribution < -0.4 is 5.32 Å². The van der Waals surface area contributed by atoms with Crippen molar-refractivity contribution >= 4 is 33.4 Å². The molecule has 3 rings (SSSR count). The molecule has 0 bridgehead atoms. The minimum Gasteiger partial charge on any atom is -0.481 e. The second-order valence-corrected chi connectivity index (χ2v) is 9.41. The van der Waals surface area contributed by atoms with Crippen LogP contribution in [0.2, 0.25) is 0 Å². The summed E-state index contributed by atoms with van der Waals surface area (Å²) in [6.07, 6.45) is 6.98. The first kappa shape index (κ1) is 20.8. The predicted molar refractivity (Wildman–Crippen MR) is 113 cm³/mol. The zero-order valence-corrected chi connectivity index (χ0v) is 17.6. The molecule has 1 saturated carbocycles. The fraction of sp³-hybridized carbons (Fsp3) is 0.591. The van der Waals surface area contributed by atoms with E-state index in [1.54, 1.807) is 18.3 Å². The maximum atomic E-state index is 13.0. The fourth-order valence-corrected chi connectivity index (χ4v) is 5.24. The quantitative estimate of drug-likeness (QED) is 0.627. The summed E-state index contributed by atoms with van der Waals surface area (Å²) in [7, 11) is 0. The van der Waals surface area contributed by atoms with E-state index in [1.807, 2.05) is 6.92 Å². The van der Waals surface area contributed by atoms with Gasteiger partial charge in [-0.15, -0.1) is 11.3 Å². The summed E-state index contributed by atoms with van der Waals surface area (Å²) in [5.74, 6) is -1.25. The Morgan fingerprint density at radius 2 is 2.04 bits per heavy atom. The maximum absolute atomic E-state index is 13.0. The summed E-state index contributed by atoms with van der Waals surface area (Å²) in [5.41, 5.74) is 1.80. The molecule has 6 heteroatoms. The first-order chi connectivity index (χ1) is 13.4. The fourth-order valence-electron chi connectivity index (χ4n) is 4.35. The van der Waals surface area contributed by atoms with E-state index >= 15 is 0 Å². The minimum absolute atomic E-state index is 0.0498. The molecule has 2 N–H and O–H groups in total. The van der Waals surface area contributed by atoms with Gasteiger partial charge in [0.05, 0.1) is 21.1 Å². The highest BCUT2D eigenvalue weighted by atomic mass is 32.1. The van der Waals surface area contributed by atoms with Crippen molar-refractivity contribution in [2.45, 2.75) is 65.2 Å². The summed E-state index contributed by atoms with van der Waals surface area (Å²) in [6, 6.07) is 6.37. The number of amides is 1. The summed E-state index contributed by atoms with van der Waals surface area (Å²) < 4.78 is 1.21. The van der Waals surface area contributed by atoms with E-state index in [1.165, 1.54) is 10.3 Å². The lowest BCUT2D eigenvalue weighted by Gasteiger charge is -2.37. The highest BCUT2D eigenvalue weighted by molar-refractivity contribution is 7.18. The molecule has 1 atom stereocenters. The molecular weight excluding hydrogens is 372 g/mol. The van der Waals surface area contributed by atoms with Crippen molar-refractivity contribution in [1.29, 1.82) is 0 Å². The summed E-state index contributed by atoms with van der Waals surface area (Å²) in [4.78, 5) is 28.8. The van der Waals surface area contributed by atoms with Gasteiger partial charge < -0.3 is 10.4 Å². The van der Waals surface area contributed by atoms with Gasteiger partial charge in [-0.25, -0.2) is 4.98 Å². The molecule has 28 heavy (non-hydrogen) atoms. The lowest BCUT2D eigenvalue weighted by Crippen LogP contribution is -2.44. The third-order valence-electron chi connectivity index (χ3n) is 5.90. The normalized spacial score (nSPS) is 17.4. The number of carboxylic acid groups (broad SMARTS) is 1. The molecular formula is C22H30N2O3S. The number of carbonyl (C=O) groups is 2. The lowest BCUT2D eigenvalue weighted by atomic mass is 9.68. The standard InChI is InChI=1S/C22H30N2O3S/c1-15(20(25)26)14-22(10-4-3-5-11-22)21(27)23-12-6-7-17-8-9-18-19(13-17)28-16(2)24-18/h8-9,13,15H,3-7,10-12,14H2,1-2H3,(H,23,27)(H,25,26). The van der Waals surface area contributed by atoms with Crippen LogP contribution in [0.15, 0.2) is 18.2 Å². The van der Waals surface area contributed by atoms with Gasteiger partial charge in [0.2, 0.25) is 5.91 Å². The van der Waals surface area contributed by atoms with Crippen molar-refractivity contribution in [3.63, 3.8) is 0 Å². The summed E-state index contributed by atoms with van der Waals surface area (Å²) in [6.45, 7) is 4.36. The Bertz CT molecular complexity index is 839. The van der Waals surface area contributed by atoms with E-state index in [0.717, 1.165) is 55.5 Å². The largest absolute Gasteiger partial charge is 0.481 e. The minimum atomic E-state index is -0.813. The Labute approximate surface area is 170 Å². The highest BCUT2D eigenvalue weighted by Gasteiger charge is 2.41. The molecule has 1 unspecified atom stereocenters. The molecule has 2 aromatic rings. The second kappa shape index (κ2) is 9.03. The zero-order valence-electron chi connectivity index (χ0n) is 16.8. The highest BCUT2D eigenvalue weighted by Crippen LogP contribution is 2.41. The predicted octanol–water partition coefficient (Wildman–Crippen LogP) is 4.71. The molecule has 5 nitrogen and oxygen atoms in total. The van der Waals surface area contributed by atoms with Gasteiger partial charge in [0.25, 0.3) is 0 Å². The number of fused-ring (bicyclic) bond motifs is 1. The number of aliphatic carboxylic acids is 1. The van der Waals surface area contributed by atoms with Crippen LogP contribution >= 0.6 is 11.3 Å². The average molecular weight is 403 g/mol. The number of aryl methyl sites for hydroxylation is 2. The molecule has 0 aliphatic heterocycles. The van der Waals surface area contributed by atoms with E-state index in [9.17, 15) is 14.7 Å². The van der Waals surface area contributed by atoms with E-state index in [-0.39, 0.29) is 5.91 Å². The molecule has 1 amide bonds. The van der Waals surface area contributed by atoms with Gasteiger partial charge in [-0.05, 0) is 56.7 Å². The Morgan fingerprint density at radius 1 is 1.29 bits per heavy atom. The van der Waals surface area contributed by atoms with E-state index < -0.39 is 17.3 Å². The number of hydrogen-bond acceptors (Lipinski definition) is 4. The second-order valence-electron chi connectivity index (χ2n) is 8.18. The molecule has 1 heterocycles. The Morgan fingerprint density at radius 3 is 2.75 bits per heavy atom. The van der Waals surface area contributed by atoms with Gasteiger partial charge in [-0.1, -0.05) is 32.3 Å². The zero-order chi connectivity index (χ0) is 20.1. The molecule has 152 valence electrons. The van der Waals surface area contributed by atoms with Crippen molar-refractivity contribution in [3.05, 3.63) is 28.8 Å². The molecule has 0 radical (unpaired) electrons. The van der Waals surface area contributed by atoms with Crippen molar-refractivity contribution in [2.24, 2.45) is 11.3 Å². The van der Waals surface area contributed by atoms with Crippen LogP contribution in [0, 0.1) is 18.3 Å². The number of carbonyl (C=O) groups excluding carboxylic acids is 1. The number of aromatic nitrogens is 1. The Hall–Kier alpha value is -1.95. The average Bonchev–Trinajstić information content (AvgIpc) is 3.05. The van der Waals surface area contributed by atoms with Gasteiger partial charge >= 0.3 is 5.97 Å². The molecule has 1 aromatic heterocycles. The monoisotopic (exact) mass is 402 g/mol. The van der Waals surface area contributed by atoms with Crippen molar-refractivity contribution in [1.82, 2.24) is 10.3 Å². The third kappa shape index (κ3) is 4.90. The number of carboxylic acids is 1. The van der Waals surface area contributed by atoms with Crippen LogP contribution in [0.4, 0.5) is 0 Å². The number of nitrogens with one attached hydrogen (secondary N) is 1.